The molecule has 1 amide bonds. The topological polar surface area (TPSA) is 32.3 Å². The molecule has 2 rings (SSSR count). The Morgan fingerprint density at radius 1 is 1.42 bits per heavy atom. The lowest BCUT2D eigenvalue weighted by molar-refractivity contribution is -0.124. The molecule has 3 heteroatoms. The molecule has 2 heterocycles. The van der Waals surface area contributed by atoms with Crippen LogP contribution in [0.5, 0.6) is 0 Å². The van der Waals surface area contributed by atoms with Gasteiger partial charge in [-0.25, -0.2) is 0 Å². The van der Waals surface area contributed by atoms with Crippen molar-refractivity contribution in [2.45, 2.75) is 25.3 Å². The first-order chi connectivity index (χ1) is 5.75. The highest BCUT2D eigenvalue weighted by molar-refractivity contribution is 5.79. The standard InChI is InChI=1S/C9H16N2O/c1-11-5-7-3-2-4-8(6-11)10-9(7)12/h7-8H,2-6H2,1H3,(H,10,12). The van der Waals surface area contributed by atoms with E-state index < -0.39 is 0 Å². The van der Waals surface area contributed by atoms with Gasteiger partial charge in [0.05, 0.1) is 5.92 Å². The number of rotatable bonds is 0. The van der Waals surface area contributed by atoms with E-state index in [1.807, 2.05) is 0 Å². The van der Waals surface area contributed by atoms with Crippen LogP contribution in [-0.2, 0) is 4.79 Å². The van der Waals surface area contributed by atoms with Gasteiger partial charge < -0.3 is 10.2 Å². The van der Waals surface area contributed by atoms with Crippen LogP contribution < -0.4 is 5.32 Å². The first kappa shape index (κ1) is 8.05. The molecule has 2 bridgehead atoms. The summed E-state index contributed by atoms with van der Waals surface area (Å²) in [6, 6.07) is 0.412. The molecule has 12 heavy (non-hydrogen) atoms. The van der Waals surface area contributed by atoms with Gasteiger partial charge in [0.1, 0.15) is 0 Å². The maximum absolute atomic E-state index is 11.5. The fourth-order valence-electron chi connectivity index (χ4n) is 2.27. The molecule has 2 fully saturated rings. The van der Waals surface area contributed by atoms with Crippen LogP contribution >= 0.6 is 0 Å². The van der Waals surface area contributed by atoms with Crippen molar-refractivity contribution in [3.05, 3.63) is 0 Å². The van der Waals surface area contributed by atoms with Gasteiger partial charge in [-0.1, -0.05) is 6.42 Å². The number of amides is 1. The Kier molecular flexibility index (Phi) is 2.05. The first-order valence-corrected chi connectivity index (χ1v) is 4.74. The Labute approximate surface area is 73.1 Å². The number of nitrogens with one attached hydrogen (secondary N) is 1. The van der Waals surface area contributed by atoms with E-state index in [2.05, 4.69) is 17.3 Å². The quantitative estimate of drug-likeness (QED) is 0.561. The van der Waals surface area contributed by atoms with Gasteiger partial charge in [-0.3, -0.25) is 4.79 Å². The van der Waals surface area contributed by atoms with Crippen LogP contribution in [0.4, 0.5) is 0 Å². The third-order valence-electron chi connectivity index (χ3n) is 2.89. The van der Waals surface area contributed by atoms with Gasteiger partial charge in [-0.05, 0) is 19.9 Å². The summed E-state index contributed by atoms with van der Waals surface area (Å²) in [5, 5.41) is 3.09. The molecule has 68 valence electrons. The molecule has 0 radical (unpaired) electrons. The van der Waals surface area contributed by atoms with Crippen molar-refractivity contribution >= 4 is 5.91 Å². The number of likely N-dealkylation sites (tertiary alicyclic amines) is 1. The molecule has 0 aromatic carbocycles. The zero-order valence-corrected chi connectivity index (χ0v) is 7.55. The Morgan fingerprint density at radius 2 is 2.25 bits per heavy atom. The first-order valence-electron chi connectivity index (χ1n) is 4.74. The molecular formula is C9H16N2O. The van der Waals surface area contributed by atoms with Gasteiger partial charge >= 0.3 is 0 Å². The van der Waals surface area contributed by atoms with Crippen LogP contribution in [0.2, 0.25) is 0 Å². The van der Waals surface area contributed by atoms with Crippen LogP contribution in [0.25, 0.3) is 0 Å². The summed E-state index contributed by atoms with van der Waals surface area (Å²) in [5.74, 6) is 0.532. The number of carbonyl (C=O) groups is 1. The highest BCUT2D eigenvalue weighted by Gasteiger charge is 2.30. The molecule has 0 spiro atoms. The van der Waals surface area contributed by atoms with Crippen molar-refractivity contribution in [2.75, 3.05) is 20.1 Å². The van der Waals surface area contributed by atoms with E-state index in [1.54, 1.807) is 0 Å². The summed E-state index contributed by atoms with van der Waals surface area (Å²) >= 11 is 0. The molecule has 0 aromatic rings. The summed E-state index contributed by atoms with van der Waals surface area (Å²) in [4.78, 5) is 13.8. The third kappa shape index (κ3) is 1.46. The number of nitrogens with zero attached hydrogens (tertiary/aromatic N) is 1. The van der Waals surface area contributed by atoms with E-state index in [4.69, 9.17) is 0 Å². The summed E-state index contributed by atoms with van der Waals surface area (Å²) in [5.41, 5.74) is 0. The number of likely N-dealkylation sites (N-methyl/N-ethyl adjacent to an activating group) is 1. The van der Waals surface area contributed by atoms with Crippen LogP contribution in [0, 0.1) is 5.92 Å². The van der Waals surface area contributed by atoms with Crippen LogP contribution in [-0.4, -0.2) is 37.0 Å². The Bertz CT molecular complexity index is 193. The molecule has 3 nitrogen and oxygen atoms in total. The number of carbonyl (C=O) groups excluding carboxylic acids is 1. The van der Waals surface area contributed by atoms with E-state index in [0.717, 1.165) is 25.9 Å². The summed E-state index contributed by atoms with van der Waals surface area (Å²) in [6.45, 7) is 1.98. The lowest BCUT2D eigenvalue weighted by Gasteiger charge is -2.22. The summed E-state index contributed by atoms with van der Waals surface area (Å²) in [7, 11) is 2.10. The zero-order chi connectivity index (χ0) is 8.55. The largest absolute Gasteiger partial charge is 0.352 e. The second-order valence-corrected chi connectivity index (χ2v) is 4.05. The highest BCUT2D eigenvalue weighted by Crippen LogP contribution is 2.20. The summed E-state index contributed by atoms with van der Waals surface area (Å²) < 4.78 is 0. The molecule has 0 saturated carbocycles. The maximum Gasteiger partial charge on any atom is 0.224 e. The molecule has 2 aliphatic heterocycles. The van der Waals surface area contributed by atoms with E-state index in [9.17, 15) is 4.79 Å². The second kappa shape index (κ2) is 3.05. The lowest BCUT2D eigenvalue weighted by Crippen LogP contribution is -2.37. The van der Waals surface area contributed by atoms with E-state index in [-0.39, 0.29) is 11.8 Å². The molecule has 0 aromatic heterocycles. The number of fused-ring (bicyclic) bond motifs is 3. The van der Waals surface area contributed by atoms with Crippen LogP contribution in [0.3, 0.4) is 0 Å². The normalized spacial score (nSPS) is 37.2. The molecule has 2 saturated heterocycles. The van der Waals surface area contributed by atoms with Crippen LogP contribution in [0.1, 0.15) is 19.3 Å². The predicted molar refractivity (Wildman–Crippen MR) is 46.8 cm³/mol. The third-order valence-corrected chi connectivity index (χ3v) is 2.89. The zero-order valence-electron chi connectivity index (χ0n) is 7.55. The molecule has 0 aliphatic carbocycles. The fourth-order valence-corrected chi connectivity index (χ4v) is 2.27. The summed E-state index contributed by atoms with van der Waals surface area (Å²) in [6.07, 6.45) is 3.45. The van der Waals surface area contributed by atoms with Crippen molar-refractivity contribution in [1.82, 2.24) is 10.2 Å². The SMILES string of the molecule is CN1CC2CCCC(C1)C(=O)N2. The van der Waals surface area contributed by atoms with Crippen molar-refractivity contribution in [3.63, 3.8) is 0 Å². The maximum atomic E-state index is 11.5. The van der Waals surface area contributed by atoms with Gasteiger partial charge in [0.2, 0.25) is 5.91 Å². The smallest absolute Gasteiger partial charge is 0.224 e. The van der Waals surface area contributed by atoms with Gasteiger partial charge in [0.15, 0.2) is 0 Å². The minimum absolute atomic E-state index is 0.252. The highest BCUT2D eigenvalue weighted by atomic mass is 16.2. The van der Waals surface area contributed by atoms with Gasteiger partial charge in [-0.2, -0.15) is 0 Å². The molecule has 2 atom stereocenters. The minimum Gasteiger partial charge on any atom is -0.352 e. The lowest BCUT2D eigenvalue weighted by atomic mass is 10.00. The molecular weight excluding hydrogens is 152 g/mol. The van der Waals surface area contributed by atoms with Crippen molar-refractivity contribution < 1.29 is 4.79 Å². The Hall–Kier alpha value is -0.570. The monoisotopic (exact) mass is 168 g/mol. The predicted octanol–water partition coefficient (Wildman–Crippen LogP) is 0.217. The number of hydrogen-bond donors (Lipinski definition) is 1. The Morgan fingerprint density at radius 3 is 3.08 bits per heavy atom. The Balaban J connectivity index is 2.16. The van der Waals surface area contributed by atoms with Gasteiger partial charge in [0.25, 0.3) is 0 Å². The number of hydrogen-bond acceptors (Lipinski definition) is 2. The fraction of sp³-hybridized carbons (Fsp3) is 0.889. The minimum atomic E-state index is 0.252. The van der Waals surface area contributed by atoms with Crippen molar-refractivity contribution in [2.24, 2.45) is 5.92 Å². The molecule has 1 N–H and O–H groups in total. The molecule has 2 unspecified atom stereocenters. The van der Waals surface area contributed by atoms with Crippen molar-refractivity contribution in [3.8, 4) is 0 Å². The van der Waals surface area contributed by atoms with E-state index in [1.165, 1.54) is 6.42 Å². The molecule has 2 aliphatic rings. The van der Waals surface area contributed by atoms with Gasteiger partial charge in [0, 0.05) is 19.1 Å². The van der Waals surface area contributed by atoms with Crippen molar-refractivity contribution in [1.29, 1.82) is 0 Å². The second-order valence-electron chi connectivity index (χ2n) is 4.05. The van der Waals surface area contributed by atoms with E-state index >= 15 is 0 Å². The van der Waals surface area contributed by atoms with E-state index in [0.29, 0.717) is 6.04 Å². The van der Waals surface area contributed by atoms with Crippen LogP contribution in [0.15, 0.2) is 0 Å². The average Bonchev–Trinajstić information content (AvgIpc) is 2.18. The van der Waals surface area contributed by atoms with Gasteiger partial charge in [-0.15, -0.1) is 0 Å². The average molecular weight is 168 g/mol.